The van der Waals surface area contributed by atoms with Gasteiger partial charge in [-0.3, -0.25) is 4.79 Å². The van der Waals surface area contributed by atoms with E-state index in [1.54, 1.807) is 36.4 Å². The number of nitrogens with one attached hydrogen (secondary N) is 1. The second-order valence-corrected chi connectivity index (χ2v) is 4.26. The van der Waals surface area contributed by atoms with Crippen LogP contribution < -0.4 is 11.1 Å². The molecule has 0 aliphatic carbocycles. The normalized spacial score (nSPS) is 10.4. The Morgan fingerprint density at radius 3 is 2.63 bits per heavy atom. The first-order valence-corrected chi connectivity index (χ1v) is 5.99. The molecular weight excluding hydrogens is 243 g/mol. The minimum atomic E-state index is -0.448. The van der Waals surface area contributed by atoms with Crippen LogP contribution in [0.5, 0.6) is 0 Å². The van der Waals surface area contributed by atoms with E-state index < -0.39 is 5.91 Å². The van der Waals surface area contributed by atoms with Crippen molar-refractivity contribution in [3.63, 3.8) is 0 Å². The maximum atomic E-state index is 13.4. The standard InChI is InChI=1S/C15H15FN2O/c16-14-7-2-1-5-13(14)10-18-9-11-4-3-6-12(8-11)15(17)19/h1-8,18H,9-10H2,(H2,17,19). The van der Waals surface area contributed by atoms with Gasteiger partial charge >= 0.3 is 0 Å². The van der Waals surface area contributed by atoms with Crippen LogP contribution in [-0.4, -0.2) is 5.91 Å². The van der Waals surface area contributed by atoms with Crippen molar-refractivity contribution in [3.05, 3.63) is 71.0 Å². The highest BCUT2D eigenvalue weighted by molar-refractivity contribution is 5.92. The molecule has 0 atom stereocenters. The average Bonchev–Trinajstić information content (AvgIpc) is 2.41. The van der Waals surface area contributed by atoms with E-state index in [1.165, 1.54) is 6.07 Å². The molecule has 0 aliphatic heterocycles. The molecular formula is C15H15FN2O. The lowest BCUT2D eigenvalue weighted by Gasteiger charge is -2.07. The molecule has 0 fully saturated rings. The summed E-state index contributed by atoms with van der Waals surface area (Å²) >= 11 is 0. The molecule has 2 rings (SSSR count). The predicted molar refractivity (Wildman–Crippen MR) is 71.9 cm³/mol. The van der Waals surface area contributed by atoms with Crippen LogP contribution in [0.1, 0.15) is 21.5 Å². The molecule has 2 aromatic rings. The molecule has 2 aromatic carbocycles. The molecule has 0 radical (unpaired) electrons. The lowest BCUT2D eigenvalue weighted by Crippen LogP contribution is -2.15. The number of carbonyl (C=O) groups excluding carboxylic acids is 1. The third-order valence-electron chi connectivity index (χ3n) is 2.81. The van der Waals surface area contributed by atoms with Gasteiger partial charge in [-0.2, -0.15) is 0 Å². The summed E-state index contributed by atoms with van der Waals surface area (Å²) in [4.78, 5) is 11.0. The lowest BCUT2D eigenvalue weighted by atomic mass is 10.1. The van der Waals surface area contributed by atoms with Crippen molar-refractivity contribution in [2.24, 2.45) is 5.73 Å². The molecule has 0 heterocycles. The lowest BCUT2D eigenvalue weighted by molar-refractivity contribution is 0.1000. The predicted octanol–water partition coefficient (Wildman–Crippen LogP) is 2.21. The first-order chi connectivity index (χ1) is 9.16. The van der Waals surface area contributed by atoms with Crippen molar-refractivity contribution in [2.45, 2.75) is 13.1 Å². The van der Waals surface area contributed by atoms with Crippen LogP contribution in [0.4, 0.5) is 4.39 Å². The van der Waals surface area contributed by atoms with Crippen molar-refractivity contribution in [1.82, 2.24) is 5.32 Å². The fourth-order valence-corrected chi connectivity index (χ4v) is 1.82. The van der Waals surface area contributed by atoms with Crippen LogP contribution in [-0.2, 0) is 13.1 Å². The van der Waals surface area contributed by atoms with Crippen LogP contribution in [0.3, 0.4) is 0 Å². The van der Waals surface area contributed by atoms with Gasteiger partial charge in [0.15, 0.2) is 0 Å². The second-order valence-electron chi connectivity index (χ2n) is 4.26. The maximum Gasteiger partial charge on any atom is 0.248 e. The molecule has 0 spiro atoms. The third-order valence-corrected chi connectivity index (χ3v) is 2.81. The van der Waals surface area contributed by atoms with E-state index in [4.69, 9.17) is 5.73 Å². The molecule has 3 N–H and O–H groups in total. The van der Waals surface area contributed by atoms with Gasteiger partial charge in [0, 0.05) is 24.2 Å². The highest BCUT2D eigenvalue weighted by atomic mass is 19.1. The van der Waals surface area contributed by atoms with Crippen LogP contribution in [0.15, 0.2) is 48.5 Å². The van der Waals surface area contributed by atoms with Gasteiger partial charge in [0.1, 0.15) is 5.82 Å². The Morgan fingerprint density at radius 1 is 1.11 bits per heavy atom. The van der Waals surface area contributed by atoms with Crippen molar-refractivity contribution in [3.8, 4) is 0 Å². The maximum absolute atomic E-state index is 13.4. The van der Waals surface area contributed by atoms with E-state index in [-0.39, 0.29) is 5.82 Å². The van der Waals surface area contributed by atoms with Crippen molar-refractivity contribution >= 4 is 5.91 Å². The molecule has 19 heavy (non-hydrogen) atoms. The smallest absolute Gasteiger partial charge is 0.248 e. The molecule has 4 heteroatoms. The first kappa shape index (κ1) is 13.2. The van der Waals surface area contributed by atoms with Gasteiger partial charge in [0.2, 0.25) is 5.91 Å². The summed E-state index contributed by atoms with van der Waals surface area (Å²) < 4.78 is 13.4. The van der Waals surface area contributed by atoms with E-state index in [2.05, 4.69) is 5.32 Å². The molecule has 0 saturated carbocycles. The number of amides is 1. The van der Waals surface area contributed by atoms with Crippen LogP contribution >= 0.6 is 0 Å². The first-order valence-electron chi connectivity index (χ1n) is 5.99. The number of rotatable bonds is 5. The van der Waals surface area contributed by atoms with E-state index in [1.807, 2.05) is 6.07 Å². The van der Waals surface area contributed by atoms with Crippen molar-refractivity contribution in [2.75, 3.05) is 0 Å². The summed E-state index contributed by atoms with van der Waals surface area (Å²) in [5.41, 5.74) is 7.25. The highest BCUT2D eigenvalue weighted by Crippen LogP contribution is 2.07. The number of hydrogen-bond acceptors (Lipinski definition) is 2. The summed E-state index contributed by atoms with van der Waals surface area (Å²) in [6.45, 7) is 0.989. The van der Waals surface area contributed by atoms with Gasteiger partial charge in [-0.05, 0) is 23.8 Å². The van der Waals surface area contributed by atoms with E-state index >= 15 is 0 Å². The number of primary amides is 1. The van der Waals surface area contributed by atoms with E-state index in [0.717, 1.165) is 5.56 Å². The Morgan fingerprint density at radius 2 is 1.89 bits per heavy atom. The van der Waals surface area contributed by atoms with Gasteiger partial charge in [-0.25, -0.2) is 4.39 Å². The monoisotopic (exact) mass is 258 g/mol. The Kier molecular flexibility index (Phi) is 4.26. The number of hydrogen-bond donors (Lipinski definition) is 2. The van der Waals surface area contributed by atoms with Gasteiger partial charge in [-0.1, -0.05) is 30.3 Å². The molecule has 1 amide bonds. The summed E-state index contributed by atoms with van der Waals surface area (Å²) in [6.07, 6.45) is 0. The molecule has 98 valence electrons. The Bertz CT molecular complexity index is 584. The van der Waals surface area contributed by atoms with Crippen LogP contribution in [0, 0.1) is 5.82 Å². The fourth-order valence-electron chi connectivity index (χ4n) is 1.82. The van der Waals surface area contributed by atoms with Crippen LogP contribution in [0.25, 0.3) is 0 Å². The zero-order chi connectivity index (χ0) is 13.7. The largest absolute Gasteiger partial charge is 0.366 e. The quantitative estimate of drug-likeness (QED) is 0.864. The number of nitrogens with two attached hydrogens (primary N) is 1. The fraction of sp³-hybridized carbons (Fsp3) is 0.133. The van der Waals surface area contributed by atoms with E-state index in [0.29, 0.717) is 24.2 Å². The minimum Gasteiger partial charge on any atom is -0.366 e. The Hall–Kier alpha value is -2.20. The number of carbonyl (C=O) groups is 1. The van der Waals surface area contributed by atoms with Crippen LogP contribution in [0.2, 0.25) is 0 Å². The molecule has 0 bridgehead atoms. The number of benzene rings is 2. The van der Waals surface area contributed by atoms with Gasteiger partial charge in [0.05, 0.1) is 0 Å². The van der Waals surface area contributed by atoms with Gasteiger partial charge in [0.25, 0.3) is 0 Å². The SMILES string of the molecule is NC(=O)c1cccc(CNCc2ccccc2F)c1. The zero-order valence-electron chi connectivity index (χ0n) is 10.4. The second kappa shape index (κ2) is 6.11. The van der Waals surface area contributed by atoms with Gasteiger partial charge in [-0.15, -0.1) is 0 Å². The summed E-state index contributed by atoms with van der Waals surface area (Å²) in [5, 5.41) is 3.13. The highest BCUT2D eigenvalue weighted by Gasteiger charge is 2.02. The Labute approximate surface area is 111 Å². The molecule has 0 aromatic heterocycles. The van der Waals surface area contributed by atoms with Crippen molar-refractivity contribution in [1.29, 1.82) is 0 Å². The summed E-state index contributed by atoms with van der Waals surface area (Å²) in [6, 6.07) is 13.7. The average molecular weight is 258 g/mol. The Balaban J connectivity index is 1.94. The van der Waals surface area contributed by atoms with E-state index in [9.17, 15) is 9.18 Å². The molecule has 0 aliphatic rings. The van der Waals surface area contributed by atoms with Gasteiger partial charge < -0.3 is 11.1 Å². The topological polar surface area (TPSA) is 55.1 Å². The third kappa shape index (κ3) is 3.63. The van der Waals surface area contributed by atoms with Crippen molar-refractivity contribution < 1.29 is 9.18 Å². The molecule has 0 saturated heterocycles. The summed E-state index contributed by atoms with van der Waals surface area (Å²) in [7, 11) is 0. The molecule has 3 nitrogen and oxygen atoms in total. The zero-order valence-corrected chi connectivity index (χ0v) is 10.4. The molecule has 0 unspecified atom stereocenters. The number of halogens is 1. The summed E-state index contributed by atoms with van der Waals surface area (Å²) in [5.74, 6) is -0.670. The minimum absolute atomic E-state index is 0.221.